The number of nitrogens with one attached hydrogen (secondary N) is 1. The number of anilines is 1. The molecule has 0 bridgehead atoms. The lowest BCUT2D eigenvalue weighted by atomic mass is 9.31. The maximum Gasteiger partial charge on any atom is 0.245 e. The molecule has 2 N–H and O–H groups in total. The number of hydrogen-bond donors (Lipinski definition) is 2. The van der Waals surface area contributed by atoms with Gasteiger partial charge in [-0.15, -0.1) is 0 Å². The van der Waals surface area contributed by atoms with Gasteiger partial charge in [0.25, 0.3) is 0 Å². The van der Waals surface area contributed by atoms with E-state index in [-0.39, 0.29) is 30.1 Å². The summed E-state index contributed by atoms with van der Waals surface area (Å²) in [6.07, 6.45) is 0.171. The SMILES string of the molecule is CNc1ccccc1S(=O)(=O)N1CC23Cc4ccc(OC)c5c4C24[C@@H](O5)C(=O)CC[C@@]4(O)[C@H]13. The average Bonchev–Trinajstić information content (AvgIpc) is 3.32. The van der Waals surface area contributed by atoms with Crippen LogP contribution in [0.4, 0.5) is 5.69 Å². The fourth-order valence-electron chi connectivity index (χ4n) is 7.94. The van der Waals surface area contributed by atoms with Crippen LogP contribution in [0.2, 0.25) is 0 Å². The van der Waals surface area contributed by atoms with Crippen LogP contribution >= 0.6 is 0 Å². The topological polar surface area (TPSA) is 105 Å². The first-order chi connectivity index (χ1) is 15.8. The summed E-state index contributed by atoms with van der Waals surface area (Å²) in [7, 11) is -0.621. The fraction of sp³-hybridized carbons (Fsp3) is 0.458. The Morgan fingerprint density at radius 3 is 2.79 bits per heavy atom. The normalized spacial score (nSPS) is 37.2. The summed E-state index contributed by atoms with van der Waals surface area (Å²) >= 11 is 0. The molecule has 0 radical (unpaired) electrons. The summed E-state index contributed by atoms with van der Waals surface area (Å²) in [6.45, 7) is 0.240. The molecule has 5 aliphatic rings. The summed E-state index contributed by atoms with van der Waals surface area (Å²) in [5.41, 5.74) is -0.489. The van der Waals surface area contributed by atoms with Gasteiger partial charge in [0.05, 0.1) is 29.9 Å². The Kier molecular flexibility index (Phi) is 3.43. The van der Waals surface area contributed by atoms with Crippen LogP contribution in [0.25, 0.3) is 0 Å². The first kappa shape index (κ1) is 19.8. The Morgan fingerprint density at radius 2 is 2.03 bits per heavy atom. The maximum atomic E-state index is 13.8. The van der Waals surface area contributed by atoms with Crippen LogP contribution < -0.4 is 14.8 Å². The molecule has 2 aromatic carbocycles. The molecule has 2 aromatic rings. The predicted octanol–water partition coefficient (Wildman–Crippen LogP) is 1.46. The minimum atomic E-state index is -3.87. The van der Waals surface area contributed by atoms with Gasteiger partial charge in [-0.1, -0.05) is 18.2 Å². The van der Waals surface area contributed by atoms with Crippen molar-refractivity contribution in [2.24, 2.45) is 5.41 Å². The third-order valence-corrected chi connectivity index (χ3v) is 10.8. The number of Topliss-reactive ketones (excluding diaryl/α,β-unsaturated/α-hetero) is 1. The standard InChI is InChI=1S/C24H24N2O6S/c1-25-14-5-3-4-6-17(14)33(29,30)26-12-22-11-13-7-8-16(31-2)19-18(13)24(22)20(32-19)15(27)9-10-23(24,28)21(22)26/h3-8,20-21,25,28H,9-12H2,1-2H3/t20-,21+,22?,23+,24?/m0/s1. The third-order valence-electron chi connectivity index (χ3n) is 8.91. The monoisotopic (exact) mass is 468 g/mol. The lowest BCUT2D eigenvalue weighted by molar-refractivity contribution is -0.334. The highest BCUT2D eigenvalue weighted by atomic mass is 32.2. The van der Waals surface area contributed by atoms with E-state index in [2.05, 4.69) is 5.32 Å². The molecule has 9 heteroatoms. The zero-order chi connectivity index (χ0) is 23.0. The number of aliphatic hydroxyl groups is 1. The van der Waals surface area contributed by atoms with Gasteiger partial charge in [-0.25, -0.2) is 8.42 Å². The molecule has 7 rings (SSSR count). The Bertz CT molecular complexity index is 1370. The molecule has 2 unspecified atom stereocenters. The van der Waals surface area contributed by atoms with Crippen molar-refractivity contribution < 1.29 is 27.8 Å². The molecular formula is C24H24N2O6S. The largest absolute Gasteiger partial charge is 0.493 e. The van der Waals surface area contributed by atoms with Crippen LogP contribution in [-0.2, 0) is 26.7 Å². The quantitative estimate of drug-likeness (QED) is 0.700. The minimum absolute atomic E-state index is 0.0366. The average molecular weight is 469 g/mol. The summed E-state index contributed by atoms with van der Waals surface area (Å²) in [6, 6.07) is 9.98. The second kappa shape index (κ2) is 5.71. The number of nitrogens with zero attached hydrogens (tertiary/aromatic N) is 1. The Balaban J connectivity index is 1.41. The van der Waals surface area contributed by atoms with E-state index in [9.17, 15) is 18.3 Å². The Morgan fingerprint density at radius 1 is 1.24 bits per heavy atom. The van der Waals surface area contributed by atoms with E-state index in [0.717, 1.165) is 11.1 Å². The van der Waals surface area contributed by atoms with Gasteiger partial charge in [0.2, 0.25) is 10.0 Å². The number of carbonyl (C=O) groups is 1. The van der Waals surface area contributed by atoms with Gasteiger partial charge in [-0.05, 0) is 36.6 Å². The van der Waals surface area contributed by atoms with Crippen molar-refractivity contribution in [3.8, 4) is 11.5 Å². The molecule has 0 amide bonds. The highest BCUT2D eigenvalue weighted by molar-refractivity contribution is 7.89. The Hall–Kier alpha value is -2.62. The number of ketones is 1. The number of rotatable bonds is 4. The van der Waals surface area contributed by atoms with Crippen LogP contribution in [0.15, 0.2) is 41.3 Å². The van der Waals surface area contributed by atoms with Crippen LogP contribution in [0.1, 0.15) is 24.0 Å². The van der Waals surface area contributed by atoms with Crippen LogP contribution in [-0.4, -0.2) is 62.1 Å². The van der Waals surface area contributed by atoms with Gasteiger partial charge >= 0.3 is 0 Å². The molecular weight excluding hydrogens is 444 g/mol. The lowest BCUT2D eigenvalue weighted by Crippen LogP contribution is -2.97. The molecule has 2 spiro atoms. The zero-order valence-electron chi connectivity index (χ0n) is 18.3. The molecule has 3 aliphatic carbocycles. The molecule has 2 aliphatic heterocycles. The number of fused-ring (bicyclic) bond motifs is 1. The smallest absolute Gasteiger partial charge is 0.245 e. The third kappa shape index (κ3) is 1.78. The number of sulfonamides is 1. The van der Waals surface area contributed by atoms with Gasteiger partial charge in [0, 0.05) is 31.0 Å². The van der Waals surface area contributed by atoms with Crippen molar-refractivity contribution in [1.29, 1.82) is 0 Å². The molecule has 2 heterocycles. The number of methoxy groups -OCH3 is 1. The lowest BCUT2D eigenvalue weighted by Gasteiger charge is -2.80. The molecule has 1 saturated heterocycles. The van der Waals surface area contributed by atoms with Crippen molar-refractivity contribution in [3.63, 3.8) is 0 Å². The van der Waals surface area contributed by atoms with Crippen molar-refractivity contribution in [2.45, 2.75) is 47.3 Å². The number of benzene rings is 2. The summed E-state index contributed by atoms with van der Waals surface area (Å²) in [5.74, 6) is 1.04. The second-order valence-corrected chi connectivity index (χ2v) is 11.7. The van der Waals surface area contributed by atoms with Crippen molar-refractivity contribution in [1.82, 2.24) is 4.31 Å². The van der Waals surface area contributed by atoms with Crippen molar-refractivity contribution in [3.05, 3.63) is 47.5 Å². The zero-order valence-corrected chi connectivity index (χ0v) is 19.1. The van der Waals surface area contributed by atoms with Crippen LogP contribution in [0.3, 0.4) is 0 Å². The van der Waals surface area contributed by atoms with E-state index in [0.29, 0.717) is 23.6 Å². The number of carbonyl (C=O) groups excluding carboxylic acids is 1. The number of ether oxygens (including phenoxy) is 2. The molecule has 0 aromatic heterocycles. The number of para-hydroxylation sites is 1. The van der Waals surface area contributed by atoms with Gasteiger partial charge < -0.3 is 19.9 Å². The van der Waals surface area contributed by atoms with Crippen LogP contribution in [0.5, 0.6) is 11.5 Å². The Labute approximate surface area is 191 Å². The predicted molar refractivity (Wildman–Crippen MR) is 118 cm³/mol. The van der Waals surface area contributed by atoms with Gasteiger partial charge in [-0.3, -0.25) is 4.79 Å². The molecule has 33 heavy (non-hydrogen) atoms. The fourth-order valence-corrected chi connectivity index (χ4v) is 9.95. The van der Waals surface area contributed by atoms with E-state index in [1.54, 1.807) is 38.4 Å². The first-order valence-electron chi connectivity index (χ1n) is 11.2. The van der Waals surface area contributed by atoms with Gasteiger partial charge in [0.15, 0.2) is 23.4 Å². The number of hydrogen-bond acceptors (Lipinski definition) is 7. The van der Waals surface area contributed by atoms with E-state index >= 15 is 0 Å². The summed E-state index contributed by atoms with van der Waals surface area (Å²) in [5, 5.41) is 15.2. The highest BCUT2D eigenvalue weighted by Crippen LogP contribution is 2.82. The van der Waals surface area contributed by atoms with Gasteiger partial charge in [-0.2, -0.15) is 4.31 Å². The van der Waals surface area contributed by atoms with E-state index in [1.165, 1.54) is 4.31 Å². The van der Waals surface area contributed by atoms with Crippen LogP contribution in [0, 0.1) is 5.41 Å². The highest BCUT2D eigenvalue weighted by Gasteiger charge is 2.94. The van der Waals surface area contributed by atoms with E-state index < -0.39 is 38.6 Å². The first-order valence-corrected chi connectivity index (χ1v) is 12.6. The van der Waals surface area contributed by atoms with E-state index in [4.69, 9.17) is 9.47 Å². The van der Waals surface area contributed by atoms with Crippen molar-refractivity contribution >= 4 is 21.5 Å². The number of piperidine rings is 1. The molecule has 3 fully saturated rings. The molecule has 172 valence electrons. The van der Waals surface area contributed by atoms with E-state index in [1.807, 2.05) is 12.1 Å². The molecule has 8 nitrogen and oxygen atoms in total. The molecule has 5 atom stereocenters. The molecule has 2 saturated carbocycles. The maximum absolute atomic E-state index is 13.8. The summed E-state index contributed by atoms with van der Waals surface area (Å²) in [4.78, 5) is 13.3. The summed E-state index contributed by atoms with van der Waals surface area (Å²) < 4.78 is 40.7. The second-order valence-electron chi connectivity index (χ2n) is 9.86. The minimum Gasteiger partial charge on any atom is -0.493 e. The van der Waals surface area contributed by atoms with Gasteiger partial charge in [0.1, 0.15) is 4.90 Å². The van der Waals surface area contributed by atoms with Crippen molar-refractivity contribution in [2.75, 3.05) is 26.0 Å².